The molecule has 0 fully saturated rings. The van der Waals surface area contributed by atoms with E-state index in [0.717, 1.165) is 12.8 Å². The molecule has 0 N–H and O–H groups in total. The quantitative estimate of drug-likeness (QED) is 0.355. The van der Waals surface area contributed by atoms with E-state index in [9.17, 15) is 4.79 Å². The van der Waals surface area contributed by atoms with Crippen LogP contribution < -0.4 is 0 Å². The molecule has 0 amide bonds. The summed E-state index contributed by atoms with van der Waals surface area (Å²) in [6, 6.07) is 0. The number of esters is 1. The van der Waals surface area contributed by atoms with Crippen LogP contribution in [0.5, 0.6) is 0 Å². The molecule has 2 heteroatoms. The number of carbonyl (C=O) groups excluding carboxylic acids is 1. The Bertz CT molecular complexity index is 229. The topological polar surface area (TPSA) is 26.3 Å². The molecule has 0 aromatic heterocycles. The first-order valence-corrected chi connectivity index (χ1v) is 6.13. The van der Waals surface area contributed by atoms with Gasteiger partial charge in [-0.15, -0.1) is 0 Å². The molecular formula is C14H24O2. The summed E-state index contributed by atoms with van der Waals surface area (Å²) < 4.78 is 4.83. The van der Waals surface area contributed by atoms with Gasteiger partial charge in [0.05, 0.1) is 6.61 Å². The van der Waals surface area contributed by atoms with Crippen molar-refractivity contribution in [2.45, 2.75) is 46.5 Å². The van der Waals surface area contributed by atoms with Gasteiger partial charge in [0, 0.05) is 6.92 Å². The molecule has 0 radical (unpaired) electrons. The van der Waals surface area contributed by atoms with Crippen LogP contribution in [0.3, 0.4) is 0 Å². The number of rotatable bonds is 8. The first-order valence-electron chi connectivity index (χ1n) is 6.13. The van der Waals surface area contributed by atoms with E-state index in [2.05, 4.69) is 38.2 Å². The standard InChI is InChI=1S/C14H24O2/c1-4-10-13(2)11-8-6-5-7-9-12-16-14(3)15/h5-6,8,11,13H,4,7,9-10,12H2,1-3H3/b6-5+,11-8+. The van der Waals surface area contributed by atoms with Gasteiger partial charge >= 0.3 is 5.97 Å². The molecular weight excluding hydrogens is 200 g/mol. The molecule has 1 atom stereocenters. The summed E-state index contributed by atoms with van der Waals surface area (Å²) in [6.07, 6.45) is 12.8. The normalized spacial score (nSPS) is 13.4. The number of carbonyl (C=O) groups is 1. The molecule has 0 aliphatic carbocycles. The van der Waals surface area contributed by atoms with Crippen LogP contribution in [-0.4, -0.2) is 12.6 Å². The van der Waals surface area contributed by atoms with Gasteiger partial charge in [-0.1, -0.05) is 44.6 Å². The number of unbranched alkanes of at least 4 members (excludes halogenated alkanes) is 1. The molecule has 0 aromatic carbocycles. The molecule has 0 aliphatic rings. The number of hydrogen-bond acceptors (Lipinski definition) is 2. The molecule has 0 saturated carbocycles. The minimum Gasteiger partial charge on any atom is -0.466 e. The Morgan fingerprint density at radius 2 is 2.12 bits per heavy atom. The second-order valence-corrected chi connectivity index (χ2v) is 4.06. The summed E-state index contributed by atoms with van der Waals surface area (Å²) in [4.78, 5) is 10.5. The third kappa shape index (κ3) is 11.0. The molecule has 0 rings (SSSR count). The van der Waals surface area contributed by atoms with Gasteiger partial charge in [-0.2, -0.15) is 0 Å². The summed E-state index contributed by atoms with van der Waals surface area (Å²) in [5.41, 5.74) is 0. The fraction of sp³-hybridized carbons (Fsp3) is 0.643. The molecule has 0 aliphatic heterocycles. The average Bonchev–Trinajstić information content (AvgIpc) is 2.22. The van der Waals surface area contributed by atoms with Crippen molar-refractivity contribution >= 4 is 5.97 Å². The van der Waals surface area contributed by atoms with E-state index in [-0.39, 0.29) is 5.97 Å². The maximum absolute atomic E-state index is 10.5. The molecule has 0 spiro atoms. The summed E-state index contributed by atoms with van der Waals surface area (Å²) in [5.74, 6) is 0.466. The van der Waals surface area contributed by atoms with Crippen molar-refractivity contribution in [3.63, 3.8) is 0 Å². The Balaban J connectivity index is 3.43. The average molecular weight is 224 g/mol. The molecule has 1 unspecified atom stereocenters. The van der Waals surface area contributed by atoms with Gasteiger partial charge in [-0.05, 0) is 25.2 Å². The van der Waals surface area contributed by atoms with Crippen LogP contribution in [0.1, 0.15) is 46.5 Å². The van der Waals surface area contributed by atoms with Gasteiger partial charge in [-0.3, -0.25) is 4.79 Å². The fourth-order valence-corrected chi connectivity index (χ4v) is 1.40. The van der Waals surface area contributed by atoms with Gasteiger partial charge in [0.15, 0.2) is 0 Å². The van der Waals surface area contributed by atoms with Crippen molar-refractivity contribution in [3.05, 3.63) is 24.3 Å². The maximum atomic E-state index is 10.5. The highest BCUT2D eigenvalue weighted by molar-refractivity contribution is 5.65. The van der Waals surface area contributed by atoms with Crippen molar-refractivity contribution < 1.29 is 9.53 Å². The smallest absolute Gasteiger partial charge is 0.302 e. The van der Waals surface area contributed by atoms with E-state index < -0.39 is 0 Å². The second kappa shape index (κ2) is 10.5. The zero-order valence-corrected chi connectivity index (χ0v) is 10.7. The largest absolute Gasteiger partial charge is 0.466 e. The third-order valence-electron chi connectivity index (χ3n) is 2.25. The van der Waals surface area contributed by atoms with Crippen molar-refractivity contribution in [2.24, 2.45) is 5.92 Å². The van der Waals surface area contributed by atoms with Crippen molar-refractivity contribution in [3.8, 4) is 0 Å². The highest BCUT2D eigenvalue weighted by Gasteiger charge is 1.92. The van der Waals surface area contributed by atoms with Gasteiger partial charge in [0.1, 0.15) is 0 Å². The van der Waals surface area contributed by atoms with Crippen LogP contribution in [0.25, 0.3) is 0 Å². The summed E-state index contributed by atoms with van der Waals surface area (Å²) in [6.45, 7) is 6.40. The zero-order chi connectivity index (χ0) is 12.2. The van der Waals surface area contributed by atoms with E-state index in [1.165, 1.54) is 19.8 Å². The zero-order valence-electron chi connectivity index (χ0n) is 10.7. The van der Waals surface area contributed by atoms with Crippen molar-refractivity contribution in [1.29, 1.82) is 0 Å². The van der Waals surface area contributed by atoms with Crippen LogP contribution in [-0.2, 0) is 9.53 Å². The first-order chi connectivity index (χ1) is 7.66. The van der Waals surface area contributed by atoms with Crippen LogP contribution in [0.15, 0.2) is 24.3 Å². The predicted octanol–water partition coefficient (Wildman–Crippen LogP) is 3.88. The Kier molecular flexibility index (Phi) is 9.78. The first kappa shape index (κ1) is 14.9. The predicted molar refractivity (Wildman–Crippen MR) is 68.2 cm³/mol. The highest BCUT2D eigenvalue weighted by atomic mass is 16.5. The summed E-state index contributed by atoms with van der Waals surface area (Å²) in [7, 11) is 0. The molecule has 0 aromatic rings. The number of hydrogen-bond donors (Lipinski definition) is 0. The lowest BCUT2D eigenvalue weighted by molar-refractivity contribution is -0.141. The van der Waals surface area contributed by atoms with E-state index in [1.54, 1.807) is 0 Å². The van der Waals surface area contributed by atoms with Gasteiger partial charge in [0.25, 0.3) is 0 Å². The molecule has 0 bridgehead atoms. The fourth-order valence-electron chi connectivity index (χ4n) is 1.40. The van der Waals surface area contributed by atoms with E-state index in [4.69, 9.17) is 4.74 Å². The van der Waals surface area contributed by atoms with Gasteiger partial charge < -0.3 is 4.74 Å². The lowest BCUT2D eigenvalue weighted by Crippen LogP contribution is -1.99. The number of ether oxygens (including phenoxy) is 1. The minimum atomic E-state index is -0.197. The van der Waals surface area contributed by atoms with Crippen LogP contribution in [0.4, 0.5) is 0 Å². The second-order valence-electron chi connectivity index (χ2n) is 4.06. The molecule has 2 nitrogen and oxygen atoms in total. The third-order valence-corrected chi connectivity index (χ3v) is 2.25. The number of allylic oxidation sites excluding steroid dienone is 4. The van der Waals surface area contributed by atoms with Gasteiger partial charge in [0.2, 0.25) is 0 Å². The summed E-state index contributed by atoms with van der Waals surface area (Å²) >= 11 is 0. The Morgan fingerprint density at radius 3 is 2.75 bits per heavy atom. The molecule has 92 valence electrons. The monoisotopic (exact) mass is 224 g/mol. The maximum Gasteiger partial charge on any atom is 0.302 e. The van der Waals surface area contributed by atoms with Crippen molar-refractivity contribution in [2.75, 3.05) is 6.61 Å². The van der Waals surface area contributed by atoms with E-state index in [0.29, 0.717) is 12.5 Å². The Labute approximate surface area is 99.4 Å². The van der Waals surface area contributed by atoms with Crippen LogP contribution in [0.2, 0.25) is 0 Å². The summed E-state index contributed by atoms with van der Waals surface area (Å²) in [5, 5.41) is 0. The molecule has 0 heterocycles. The Morgan fingerprint density at radius 1 is 1.38 bits per heavy atom. The van der Waals surface area contributed by atoms with Crippen LogP contribution in [0, 0.1) is 5.92 Å². The highest BCUT2D eigenvalue weighted by Crippen LogP contribution is 2.06. The lowest BCUT2D eigenvalue weighted by atomic mass is 10.1. The van der Waals surface area contributed by atoms with E-state index in [1.807, 2.05) is 0 Å². The Hall–Kier alpha value is -1.05. The minimum absolute atomic E-state index is 0.197. The van der Waals surface area contributed by atoms with E-state index >= 15 is 0 Å². The van der Waals surface area contributed by atoms with Crippen molar-refractivity contribution in [1.82, 2.24) is 0 Å². The van der Waals surface area contributed by atoms with Crippen LogP contribution >= 0.6 is 0 Å². The molecule has 16 heavy (non-hydrogen) atoms. The SMILES string of the molecule is CCCC(C)/C=C/C=C/CCCOC(C)=O. The van der Waals surface area contributed by atoms with Gasteiger partial charge in [-0.25, -0.2) is 0 Å². The lowest BCUT2D eigenvalue weighted by Gasteiger charge is -2.00. The molecule has 0 saturated heterocycles.